The molecule has 0 spiro atoms. The van der Waals surface area contributed by atoms with Gasteiger partial charge in [-0.05, 0) is 26.0 Å². The predicted molar refractivity (Wildman–Crippen MR) is 79.2 cm³/mol. The van der Waals surface area contributed by atoms with E-state index in [0.717, 1.165) is 0 Å². The highest BCUT2D eigenvalue weighted by Crippen LogP contribution is 2.17. The van der Waals surface area contributed by atoms with Gasteiger partial charge in [0.2, 0.25) is 11.8 Å². The number of carbonyl (C=O) groups excluding carboxylic acids is 2. The summed E-state index contributed by atoms with van der Waals surface area (Å²) in [6.07, 6.45) is 0.189. The van der Waals surface area contributed by atoms with Crippen LogP contribution in [0.5, 0.6) is 5.75 Å². The Morgan fingerprint density at radius 2 is 2.15 bits per heavy atom. The van der Waals surface area contributed by atoms with E-state index in [2.05, 4.69) is 10.6 Å². The monoisotopic (exact) mass is 298 g/mol. The number of halogens is 1. The van der Waals surface area contributed by atoms with Crippen molar-refractivity contribution in [1.82, 2.24) is 5.32 Å². The summed E-state index contributed by atoms with van der Waals surface area (Å²) >= 11 is 5.59. The highest BCUT2D eigenvalue weighted by molar-refractivity contribution is 6.30. The number of anilines is 1. The average molecular weight is 299 g/mol. The number of hydrogen-bond donors (Lipinski definition) is 2. The van der Waals surface area contributed by atoms with E-state index in [4.69, 9.17) is 16.3 Å². The molecule has 0 bridgehead atoms. The second kappa shape index (κ2) is 8.43. The first-order valence-corrected chi connectivity index (χ1v) is 6.91. The predicted octanol–water partition coefficient (Wildman–Crippen LogP) is 2.16. The summed E-state index contributed by atoms with van der Waals surface area (Å²) in [5, 5.41) is 4.72. The lowest BCUT2D eigenvalue weighted by atomic mass is 10.3. The third-order valence-electron chi connectivity index (χ3n) is 2.44. The molecule has 1 aromatic carbocycles. The SMILES string of the molecule is CCOc1cccc(NC(=O)CCNC(=O)[C@H](C)Cl)c1. The van der Waals surface area contributed by atoms with Crippen molar-refractivity contribution in [2.75, 3.05) is 18.5 Å². The molecule has 1 rings (SSSR count). The van der Waals surface area contributed by atoms with E-state index >= 15 is 0 Å². The summed E-state index contributed by atoms with van der Waals surface area (Å²) in [7, 11) is 0. The van der Waals surface area contributed by atoms with Crippen molar-refractivity contribution >= 4 is 29.1 Å². The molecule has 0 aliphatic carbocycles. The Bertz CT molecular complexity index is 463. The topological polar surface area (TPSA) is 67.4 Å². The number of ether oxygens (including phenoxy) is 1. The smallest absolute Gasteiger partial charge is 0.237 e. The maximum Gasteiger partial charge on any atom is 0.237 e. The standard InChI is InChI=1S/C14H19ClN2O3/c1-3-20-12-6-4-5-11(9-12)17-13(18)7-8-16-14(19)10(2)15/h4-6,9-10H,3,7-8H2,1-2H3,(H,16,19)(H,17,18)/t10-/m0/s1. The van der Waals surface area contributed by atoms with Gasteiger partial charge in [0.05, 0.1) is 6.61 Å². The fraction of sp³-hybridized carbons (Fsp3) is 0.429. The van der Waals surface area contributed by atoms with Crippen molar-refractivity contribution in [2.24, 2.45) is 0 Å². The average Bonchev–Trinajstić information content (AvgIpc) is 2.39. The Balaban J connectivity index is 2.38. The van der Waals surface area contributed by atoms with Gasteiger partial charge in [0.1, 0.15) is 11.1 Å². The maximum atomic E-state index is 11.7. The molecule has 0 saturated carbocycles. The van der Waals surface area contributed by atoms with E-state index in [1.165, 1.54) is 0 Å². The third kappa shape index (κ3) is 5.93. The summed E-state index contributed by atoms with van der Waals surface area (Å²) in [6, 6.07) is 7.15. The van der Waals surface area contributed by atoms with Crippen molar-refractivity contribution in [1.29, 1.82) is 0 Å². The minimum absolute atomic E-state index is 0.179. The molecular weight excluding hydrogens is 280 g/mol. The van der Waals surface area contributed by atoms with Crippen LogP contribution in [0.1, 0.15) is 20.3 Å². The maximum absolute atomic E-state index is 11.7. The number of nitrogens with one attached hydrogen (secondary N) is 2. The van der Waals surface area contributed by atoms with Gasteiger partial charge in [-0.25, -0.2) is 0 Å². The second-order valence-corrected chi connectivity index (χ2v) is 4.82. The summed E-state index contributed by atoms with van der Waals surface area (Å²) in [6.45, 7) is 4.30. The number of alkyl halides is 1. The largest absolute Gasteiger partial charge is 0.494 e. The lowest BCUT2D eigenvalue weighted by Crippen LogP contribution is -2.32. The molecular formula is C14H19ClN2O3. The van der Waals surface area contributed by atoms with E-state index < -0.39 is 5.38 Å². The van der Waals surface area contributed by atoms with Gasteiger partial charge in [-0.3, -0.25) is 9.59 Å². The normalized spacial score (nSPS) is 11.6. The Labute approximate surface area is 123 Å². The van der Waals surface area contributed by atoms with Crippen LogP contribution in [0.2, 0.25) is 0 Å². The molecule has 0 aromatic heterocycles. The Morgan fingerprint density at radius 1 is 1.40 bits per heavy atom. The van der Waals surface area contributed by atoms with Crippen LogP contribution >= 0.6 is 11.6 Å². The number of rotatable bonds is 7. The Kier molecular flexibility index (Phi) is 6.87. The first-order chi connectivity index (χ1) is 9.52. The van der Waals surface area contributed by atoms with E-state index in [1.54, 1.807) is 25.1 Å². The van der Waals surface area contributed by atoms with Crippen LogP contribution in [0.25, 0.3) is 0 Å². The highest BCUT2D eigenvalue weighted by Gasteiger charge is 2.09. The second-order valence-electron chi connectivity index (χ2n) is 4.17. The van der Waals surface area contributed by atoms with Crippen molar-refractivity contribution in [3.63, 3.8) is 0 Å². The van der Waals surface area contributed by atoms with Crippen LogP contribution < -0.4 is 15.4 Å². The zero-order chi connectivity index (χ0) is 15.0. The van der Waals surface area contributed by atoms with Gasteiger partial charge in [0, 0.05) is 24.7 Å². The zero-order valence-corrected chi connectivity index (χ0v) is 12.4. The van der Waals surface area contributed by atoms with Gasteiger partial charge in [-0.15, -0.1) is 11.6 Å². The highest BCUT2D eigenvalue weighted by atomic mass is 35.5. The molecule has 0 aliphatic rings. The van der Waals surface area contributed by atoms with Crippen LogP contribution in [-0.2, 0) is 9.59 Å². The summed E-state index contributed by atoms with van der Waals surface area (Å²) < 4.78 is 5.34. The van der Waals surface area contributed by atoms with E-state index in [1.807, 2.05) is 13.0 Å². The van der Waals surface area contributed by atoms with Crippen LogP contribution in [0.4, 0.5) is 5.69 Å². The summed E-state index contributed by atoms with van der Waals surface area (Å²) in [5.74, 6) is 0.244. The van der Waals surface area contributed by atoms with E-state index in [9.17, 15) is 9.59 Å². The Hall–Kier alpha value is -1.75. The number of amides is 2. The van der Waals surface area contributed by atoms with Crippen LogP contribution in [-0.4, -0.2) is 30.3 Å². The molecule has 0 radical (unpaired) electrons. The lowest BCUT2D eigenvalue weighted by Gasteiger charge is -2.09. The van der Waals surface area contributed by atoms with Crippen molar-refractivity contribution in [3.8, 4) is 5.75 Å². The van der Waals surface area contributed by atoms with E-state index in [0.29, 0.717) is 18.0 Å². The fourth-order valence-corrected chi connectivity index (χ4v) is 1.57. The van der Waals surface area contributed by atoms with Gasteiger partial charge >= 0.3 is 0 Å². The lowest BCUT2D eigenvalue weighted by molar-refractivity contribution is -0.120. The van der Waals surface area contributed by atoms with Gasteiger partial charge in [0.25, 0.3) is 0 Å². The molecule has 0 unspecified atom stereocenters. The summed E-state index contributed by atoms with van der Waals surface area (Å²) in [4.78, 5) is 22.9. The number of carbonyl (C=O) groups is 2. The van der Waals surface area contributed by atoms with Gasteiger partial charge in [-0.2, -0.15) is 0 Å². The molecule has 0 saturated heterocycles. The zero-order valence-electron chi connectivity index (χ0n) is 11.6. The number of benzene rings is 1. The molecule has 20 heavy (non-hydrogen) atoms. The first kappa shape index (κ1) is 16.3. The quantitative estimate of drug-likeness (QED) is 0.758. The molecule has 0 aliphatic heterocycles. The summed E-state index contributed by atoms with van der Waals surface area (Å²) in [5.41, 5.74) is 0.665. The Morgan fingerprint density at radius 3 is 2.80 bits per heavy atom. The molecule has 1 aromatic rings. The van der Waals surface area contributed by atoms with Crippen molar-refractivity contribution in [3.05, 3.63) is 24.3 Å². The van der Waals surface area contributed by atoms with Gasteiger partial charge in [-0.1, -0.05) is 6.07 Å². The molecule has 0 heterocycles. The van der Waals surface area contributed by atoms with Crippen LogP contribution in [0, 0.1) is 0 Å². The molecule has 0 fully saturated rings. The van der Waals surface area contributed by atoms with Crippen LogP contribution in [0.3, 0.4) is 0 Å². The van der Waals surface area contributed by atoms with Crippen LogP contribution in [0.15, 0.2) is 24.3 Å². The third-order valence-corrected chi connectivity index (χ3v) is 2.64. The molecule has 1 atom stereocenters. The van der Waals surface area contributed by atoms with Crippen molar-refractivity contribution < 1.29 is 14.3 Å². The van der Waals surface area contributed by atoms with Gasteiger partial charge in [0.15, 0.2) is 0 Å². The minimum Gasteiger partial charge on any atom is -0.494 e. The molecule has 2 amide bonds. The molecule has 6 heteroatoms. The number of hydrogen-bond acceptors (Lipinski definition) is 3. The van der Waals surface area contributed by atoms with E-state index in [-0.39, 0.29) is 24.8 Å². The minimum atomic E-state index is -0.596. The van der Waals surface area contributed by atoms with Crippen molar-refractivity contribution in [2.45, 2.75) is 25.6 Å². The molecule has 5 nitrogen and oxygen atoms in total. The molecule has 2 N–H and O–H groups in total. The molecule has 110 valence electrons. The first-order valence-electron chi connectivity index (χ1n) is 6.47. The van der Waals surface area contributed by atoms with Gasteiger partial charge < -0.3 is 15.4 Å². The fourth-order valence-electron chi connectivity index (χ4n) is 1.49.